The van der Waals surface area contributed by atoms with Gasteiger partial charge >= 0.3 is 18.1 Å². The zero-order valence-electron chi connectivity index (χ0n) is 7.88. The summed E-state index contributed by atoms with van der Waals surface area (Å²) in [4.78, 5) is 24.5. The van der Waals surface area contributed by atoms with Crippen LogP contribution in [0.4, 0.5) is 19.0 Å². The Balaban J connectivity index is 2.98. The van der Waals surface area contributed by atoms with Crippen molar-refractivity contribution in [2.45, 2.75) is 6.18 Å². The third-order valence-corrected chi connectivity index (χ3v) is 2.19. The maximum atomic E-state index is 11.9. The molecule has 1 aromatic heterocycles. The number of hydrogen-bond donors (Lipinski definition) is 2. The van der Waals surface area contributed by atoms with Crippen LogP contribution in [0, 0.1) is 0 Å². The average molecular weight is 313 g/mol. The molecule has 1 amide bonds. The van der Waals surface area contributed by atoms with Crippen molar-refractivity contribution in [3.63, 3.8) is 0 Å². The molecule has 0 saturated carbocycles. The molecule has 0 aliphatic rings. The molecule has 0 atom stereocenters. The van der Waals surface area contributed by atoms with Crippen LogP contribution < -0.4 is 5.32 Å². The van der Waals surface area contributed by atoms with E-state index >= 15 is 0 Å². The third kappa shape index (κ3) is 3.41. The van der Waals surface area contributed by atoms with Gasteiger partial charge in [0, 0.05) is 0 Å². The van der Waals surface area contributed by atoms with Crippen molar-refractivity contribution in [3.8, 4) is 0 Å². The molecule has 0 aromatic carbocycles. The molecule has 1 rings (SSSR count). The molecule has 17 heavy (non-hydrogen) atoms. The highest BCUT2D eigenvalue weighted by atomic mass is 79.9. The summed E-state index contributed by atoms with van der Waals surface area (Å²) in [5.74, 6) is -4.14. The van der Waals surface area contributed by atoms with Gasteiger partial charge in [-0.1, -0.05) is 0 Å². The number of aromatic carboxylic acids is 1. The highest BCUT2D eigenvalue weighted by Crippen LogP contribution is 2.20. The number of carboxylic acids is 1. The Hall–Kier alpha value is -1.64. The van der Waals surface area contributed by atoms with E-state index in [2.05, 4.69) is 20.9 Å². The van der Waals surface area contributed by atoms with E-state index in [0.717, 1.165) is 6.07 Å². The van der Waals surface area contributed by atoms with E-state index in [1.807, 2.05) is 0 Å². The first-order valence-electron chi connectivity index (χ1n) is 4.00. The Morgan fingerprint density at radius 2 is 1.94 bits per heavy atom. The Morgan fingerprint density at radius 3 is 2.41 bits per heavy atom. The Bertz CT molecular complexity index is 476. The van der Waals surface area contributed by atoms with Crippen molar-refractivity contribution in [2.75, 3.05) is 5.32 Å². The van der Waals surface area contributed by atoms with E-state index in [1.54, 1.807) is 0 Å². The largest absolute Gasteiger partial charge is 0.476 e. The third-order valence-electron chi connectivity index (χ3n) is 1.55. The molecule has 0 aliphatic carbocycles. The first-order valence-corrected chi connectivity index (χ1v) is 4.79. The zero-order chi connectivity index (χ0) is 13.2. The second kappa shape index (κ2) is 4.70. The molecule has 0 radical (unpaired) electrons. The highest BCUT2D eigenvalue weighted by Gasteiger charge is 2.39. The number of carbonyl (C=O) groups is 2. The van der Waals surface area contributed by atoms with Crippen LogP contribution in [-0.4, -0.2) is 28.1 Å². The highest BCUT2D eigenvalue weighted by molar-refractivity contribution is 9.10. The summed E-state index contributed by atoms with van der Waals surface area (Å²) in [5.41, 5.74) is -0.495. The molecular weight excluding hydrogens is 309 g/mol. The Kier molecular flexibility index (Phi) is 3.71. The van der Waals surface area contributed by atoms with E-state index < -0.39 is 29.6 Å². The quantitative estimate of drug-likeness (QED) is 0.876. The number of carboxylic acid groups (broad SMARTS) is 1. The van der Waals surface area contributed by atoms with Gasteiger partial charge in [-0.3, -0.25) is 4.79 Å². The van der Waals surface area contributed by atoms with Gasteiger partial charge in [-0.05, 0) is 28.1 Å². The van der Waals surface area contributed by atoms with Crippen molar-refractivity contribution in [3.05, 3.63) is 22.3 Å². The van der Waals surface area contributed by atoms with Gasteiger partial charge in [0.15, 0.2) is 5.69 Å². The Morgan fingerprint density at radius 1 is 1.35 bits per heavy atom. The molecule has 0 spiro atoms. The summed E-state index contributed by atoms with van der Waals surface area (Å²) < 4.78 is 35.8. The van der Waals surface area contributed by atoms with Crippen molar-refractivity contribution in [1.29, 1.82) is 0 Å². The number of rotatable bonds is 2. The molecule has 0 unspecified atom stereocenters. The molecule has 0 aliphatic heterocycles. The van der Waals surface area contributed by atoms with E-state index in [0.29, 0.717) is 0 Å². The fourth-order valence-corrected chi connectivity index (χ4v) is 1.24. The van der Waals surface area contributed by atoms with Gasteiger partial charge in [-0.2, -0.15) is 13.2 Å². The van der Waals surface area contributed by atoms with Crippen LogP contribution in [0.3, 0.4) is 0 Å². The lowest BCUT2D eigenvalue weighted by molar-refractivity contribution is -0.167. The summed E-state index contributed by atoms with van der Waals surface area (Å²) in [6.07, 6.45) is -5.06. The molecule has 0 bridgehead atoms. The van der Waals surface area contributed by atoms with Gasteiger partial charge in [0.25, 0.3) is 0 Å². The zero-order valence-corrected chi connectivity index (χ0v) is 9.46. The summed E-state index contributed by atoms with van der Waals surface area (Å²) in [7, 11) is 0. The molecule has 9 heteroatoms. The van der Waals surface area contributed by atoms with Crippen molar-refractivity contribution < 1.29 is 27.9 Å². The number of nitrogens with one attached hydrogen (secondary N) is 1. The minimum absolute atomic E-state index is 0.0926. The topological polar surface area (TPSA) is 79.3 Å². The molecule has 0 fully saturated rings. The number of aromatic nitrogens is 1. The predicted molar refractivity (Wildman–Crippen MR) is 53.6 cm³/mol. The van der Waals surface area contributed by atoms with Crippen LogP contribution in [-0.2, 0) is 4.79 Å². The normalized spacial score (nSPS) is 11.1. The number of halogens is 4. The molecule has 1 heterocycles. The second-order valence-electron chi connectivity index (χ2n) is 2.78. The minimum atomic E-state index is -5.06. The molecule has 0 saturated heterocycles. The van der Waals surface area contributed by atoms with Gasteiger partial charge in [-0.15, -0.1) is 0 Å². The van der Waals surface area contributed by atoms with Crippen LogP contribution in [0.1, 0.15) is 10.5 Å². The van der Waals surface area contributed by atoms with Gasteiger partial charge in [-0.25, -0.2) is 9.78 Å². The van der Waals surface area contributed by atoms with Gasteiger partial charge in [0.2, 0.25) is 0 Å². The first kappa shape index (κ1) is 13.4. The van der Waals surface area contributed by atoms with Crippen LogP contribution in [0.25, 0.3) is 0 Å². The lowest BCUT2D eigenvalue weighted by Gasteiger charge is -2.08. The number of nitrogens with zero attached hydrogens (tertiary/aromatic N) is 1. The average Bonchev–Trinajstić information content (AvgIpc) is 2.19. The first-order chi connectivity index (χ1) is 7.71. The van der Waals surface area contributed by atoms with Crippen LogP contribution in [0.5, 0.6) is 0 Å². The van der Waals surface area contributed by atoms with Crippen LogP contribution in [0.2, 0.25) is 0 Å². The lowest BCUT2D eigenvalue weighted by atomic mass is 10.3. The van der Waals surface area contributed by atoms with E-state index in [1.165, 1.54) is 11.4 Å². The Labute approximate surface area is 101 Å². The fourth-order valence-electron chi connectivity index (χ4n) is 0.849. The monoisotopic (exact) mass is 312 g/mol. The van der Waals surface area contributed by atoms with Crippen LogP contribution >= 0.6 is 15.9 Å². The molecule has 1 aromatic rings. The summed E-state index contributed by atoms with van der Waals surface area (Å²) in [5, 5.41) is 10.1. The minimum Gasteiger partial charge on any atom is -0.476 e. The summed E-state index contributed by atoms with van der Waals surface area (Å²) in [6.45, 7) is 0. The fraction of sp³-hybridized carbons (Fsp3) is 0.125. The number of anilines is 1. The smallest absolute Gasteiger partial charge is 0.471 e. The van der Waals surface area contributed by atoms with Crippen molar-refractivity contribution in [1.82, 2.24) is 4.98 Å². The molecule has 92 valence electrons. The van der Waals surface area contributed by atoms with Crippen LogP contribution in [0.15, 0.2) is 16.6 Å². The standard InChI is InChI=1S/C8H4BrF3N2O3/c9-3-1-2-4(13-5(3)6(15)16)14-7(17)8(10,11)12/h1-2H,(H,15,16)(H,13,14,17). The summed E-state index contributed by atoms with van der Waals surface area (Å²) in [6, 6.07) is 2.21. The van der Waals surface area contributed by atoms with Gasteiger partial charge in [0.1, 0.15) is 5.82 Å². The van der Waals surface area contributed by atoms with E-state index in [9.17, 15) is 22.8 Å². The second-order valence-corrected chi connectivity index (χ2v) is 3.64. The molecular formula is C8H4BrF3N2O3. The number of pyridine rings is 1. The maximum absolute atomic E-state index is 11.9. The van der Waals surface area contributed by atoms with Gasteiger partial charge < -0.3 is 10.4 Å². The predicted octanol–water partition coefficient (Wildman–Crippen LogP) is 2.04. The SMILES string of the molecule is O=C(O)c1nc(NC(=O)C(F)(F)F)ccc1Br. The summed E-state index contributed by atoms with van der Waals surface area (Å²) >= 11 is 2.86. The van der Waals surface area contributed by atoms with Crippen molar-refractivity contribution >= 4 is 33.6 Å². The van der Waals surface area contributed by atoms with E-state index in [-0.39, 0.29) is 4.47 Å². The number of alkyl halides is 3. The molecule has 5 nitrogen and oxygen atoms in total. The van der Waals surface area contributed by atoms with Crippen molar-refractivity contribution in [2.24, 2.45) is 0 Å². The maximum Gasteiger partial charge on any atom is 0.471 e. The molecule has 2 N–H and O–H groups in total. The number of amides is 1. The van der Waals surface area contributed by atoms with Gasteiger partial charge in [0.05, 0.1) is 4.47 Å². The number of carbonyl (C=O) groups excluding carboxylic acids is 1. The number of hydrogen-bond acceptors (Lipinski definition) is 3. The lowest BCUT2D eigenvalue weighted by Crippen LogP contribution is -2.30. The van der Waals surface area contributed by atoms with E-state index in [4.69, 9.17) is 5.11 Å².